The van der Waals surface area contributed by atoms with Crippen LogP contribution in [0.4, 0.5) is 0 Å². The minimum absolute atomic E-state index is 0.00864. The smallest absolute Gasteiger partial charge is 0.338 e. The summed E-state index contributed by atoms with van der Waals surface area (Å²) in [7, 11) is 4.70. The van der Waals surface area contributed by atoms with E-state index in [2.05, 4.69) is 13.8 Å². The predicted molar refractivity (Wildman–Crippen MR) is 240 cm³/mol. The maximum atomic E-state index is 13.8. The molecule has 67 heavy (non-hydrogen) atoms. The molecule has 16 heteroatoms. The molecule has 4 saturated carbocycles. The zero-order chi connectivity index (χ0) is 48.2. The first kappa shape index (κ1) is 51.0. The minimum atomic E-state index is -1.22. The summed E-state index contributed by atoms with van der Waals surface area (Å²) < 4.78 is 68.1. The summed E-state index contributed by atoms with van der Waals surface area (Å²) in [5.41, 5.74) is -1.57. The van der Waals surface area contributed by atoms with Crippen molar-refractivity contribution < 1.29 is 77.0 Å². The lowest BCUT2D eigenvalue weighted by molar-refractivity contribution is -0.352. The van der Waals surface area contributed by atoms with Crippen LogP contribution in [-0.2, 0) is 56.9 Å². The molecule has 1 aromatic carbocycles. The highest BCUT2D eigenvalue weighted by Gasteiger charge is 2.72. The third kappa shape index (κ3) is 9.50. The van der Waals surface area contributed by atoms with Gasteiger partial charge in [-0.05, 0) is 114 Å². The predicted octanol–water partition coefficient (Wildman–Crippen LogP) is 5.48. The first-order valence-electron chi connectivity index (χ1n) is 24.9. The van der Waals surface area contributed by atoms with Crippen LogP contribution >= 0.6 is 0 Å². The number of methoxy groups -OCH3 is 3. The summed E-state index contributed by atoms with van der Waals surface area (Å²) in [6, 6.07) is 9.04. The number of ether oxygens (including phenoxy) is 11. The summed E-state index contributed by atoms with van der Waals surface area (Å²) in [6.07, 6.45) is -2.74. The Morgan fingerprint density at radius 3 is 1.99 bits per heavy atom. The monoisotopic (exact) mass is 947 g/mol. The molecule has 16 nitrogen and oxygen atoms in total. The van der Waals surface area contributed by atoms with Crippen LogP contribution in [0.3, 0.4) is 0 Å². The van der Waals surface area contributed by atoms with Crippen molar-refractivity contribution in [1.29, 1.82) is 0 Å². The van der Waals surface area contributed by atoms with Crippen molar-refractivity contribution in [1.82, 2.24) is 0 Å². The van der Waals surface area contributed by atoms with Crippen molar-refractivity contribution in [2.24, 2.45) is 34.5 Å². The highest BCUT2D eigenvalue weighted by molar-refractivity contribution is 5.89. The Labute approximate surface area is 396 Å². The van der Waals surface area contributed by atoms with Crippen LogP contribution in [0.5, 0.6) is 0 Å². The number of aliphatic hydroxyl groups excluding tert-OH is 2. The molecule has 0 aromatic heterocycles. The SMILES string of the molecule is COC1CC(OC2CCC3(C)C(CCC4C3CC(OC(=O)c3ccccc3)C3(C)C(C(C)OC(C)=O)CCC43O)C2)OC(C)C1OC1CC(OC)C(OC2OC(C)C(O)C(OC)C2O)C(C)O1. The molecule has 0 radical (unpaired) electrons. The second kappa shape index (κ2) is 20.4. The van der Waals surface area contributed by atoms with E-state index in [1.165, 1.54) is 14.0 Å². The van der Waals surface area contributed by atoms with Crippen molar-refractivity contribution in [2.75, 3.05) is 21.3 Å². The largest absolute Gasteiger partial charge is 0.463 e. The number of hydrogen-bond acceptors (Lipinski definition) is 16. The molecule has 4 aliphatic carbocycles. The number of hydrogen-bond donors (Lipinski definition) is 3. The van der Waals surface area contributed by atoms with E-state index in [9.17, 15) is 24.9 Å². The van der Waals surface area contributed by atoms with Gasteiger partial charge in [-0.2, -0.15) is 0 Å². The fourth-order valence-electron chi connectivity index (χ4n) is 14.3. The van der Waals surface area contributed by atoms with Gasteiger partial charge in [-0.25, -0.2) is 4.79 Å². The molecule has 0 spiro atoms. The van der Waals surface area contributed by atoms with Gasteiger partial charge >= 0.3 is 11.9 Å². The van der Waals surface area contributed by atoms with Gasteiger partial charge in [0.15, 0.2) is 18.9 Å². The Hall–Kier alpha value is -2.32. The van der Waals surface area contributed by atoms with Crippen LogP contribution in [0.1, 0.15) is 123 Å². The van der Waals surface area contributed by atoms with E-state index in [-0.39, 0.29) is 41.3 Å². The van der Waals surface area contributed by atoms with Crippen LogP contribution < -0.4 is 0 Å². The van der Waals surface area contributed by atoms with E-state index in [0.717, 1.165) is 32.1 Å². The molecule has 0 amide bonds. The minimum Gasteiger partial charge on any atom is -0.463 e. The van der Waals surface area contributed by atoms with Crippen molar-refractivity contribution >= 4 is 11.9 Å². The van der Waals surface area contributed by atoms with Crippen molar-refractivity contribution in [3.05, 3.63) is 35.9 Å². The summed E-state index contributed by atoms with van der Waals surface area (Å²) in [6.45, 7) is 13.3. The number of esters is 2. The average Bonchev–Trinajstić information content (AvgIpc) is 3.59. The maximum Gasteiger partial charge on any atom is 0.338 e. The molecule has 23 atom stereocenters. The Morgan fingerprint density at radius 2 is 1.36 bits per heavy atom. The number of benzene rings is 1. The van der Waals surface area contributed by atoms with E-state index in [1.807, 2.05) is 39.0 Å². The maximum absolute atomic E-state index is 13.8. The van der Waals surface area contributed by atoms with Gasteiger partial charge in [-0.3, -0.25) is 4.79 Å². The summed E-state index contributed by atoms with van der Waals surface area (Å²) in [5.74, 6) is -0.491. The standard InChI is InChI=1S/C51H78O16/c1-26(60-30(5)52)34-19-21-51(56)35-17-16-32-22-33(18-20-49(32,6)36(35)23-39(50(34,51)7)65-47(55)31-14-12-11-13-15-31)64-40-24-37(57-8)44(28(3)61-40)66-41-25-38(58-9)45(29(4)62-41)67-48-43(54)46(59-10)42(53)27(2)63-48/h11-15,26-29,32-46,48,53-54,56H,16-25H2,1-10H3. The van der Waals surface area contributed by atoms with Crippen LogP contribution in [0.15, 0.2) is 30.3 Å². The van der Waals surface area contributed by atoms with E-state index in [1.54, 1.807) is 33.3 Å². The molecule has 378 valence electrons. The molecule has 3 aliphatic heterocycles. The molecule has 3 saturated heterocycles. The van der Waals surface area contributed by atoms with Gasteiger partial charge in [-0.1, -0.05) is 32.0 Å². The van der Waals surface area contributed by atoms with Crippen molar-refractivity contribution in [3.63, 3.8) is 0 Å². The summed E-state index contributed by atoms with van der Waals surface area (Å²) in [5, 5.41) is 34.5. The number of rotatable bonds is 13. The second-order valence-corrected chi connectivity index (χ2v) is 21.3. The normalized spacial score (nSPS) is 48.0. The summed E-state index contributed by atoms with van der Waals surface area (Å²) in [4.78, 5) is 26.0. The fourth-order valence-corrected chi connectivity index (χ4v) is 14.3. The Balaban J connectivity index is 0.901. The van der Waals surface area contributed by atoms with Crippen molar-refractivity contribution in [2.45, 2.75) is 216 Å². The number of fused-ring (bicyclic) bond motifs is 5. The van der Waals surface area contributed by atoms with Gasteiger partial charge in [0.1, 0.15) is 42.7 Å². The third-order valence-electron chi connectivity index (χ3n) is 18.0. The van der Waals surface area contributed by atoms with Gasteiger partial charge in [-0.15, -0.1) is 0 Å². The van der Waals surface area contributed by atoms with Gasteiger partial charge in [0.2, 0.25) is 0 Å². The molecule has 3 heterocycles. The number of carbonyl (C=O) groups is 2. The van der Waals surface area contributed by atoms with Gasteiger partial charge < -0.3 is 67.4 Å². The average molecular weight is 947 g/mol. The summed E-state index contributed by atoms with van der Waals surface area (Å²) >= 11 is 0. The zero-order valence-electron chi connectivity index (χ0n) is 41.2. The molecule has 8 rings (SSSR count). The quantitative estimate of drug-likeness (QED) is 0.166. The Morgan fingerprint density at radius 1 is 0.716 bits per heavy atom. The van der Waals surface area contributed by atoms with Gasteiger partial charge in [0, 0.05) is 52.4 Å². The molecule has 7 aliphatic rings. The van der Waals surface area contributed by atoms with Crippen LogP contribution in [0.2, 0.25) is 0 Å². The first-order chi connectivity index (χ1) is 31.9. The van der Waals surface area contributed by atoms with E-state index in [4.69, 9.17) is 52.1 Å². The van der Waals surface area contributed by atoms with Gasteiger partial charge in [0.25, 0.3) is 0 Å². The van der Waals surface area contributed by atoms with Gasteiger partial charge in [0.05, 0.1) is 47.8 Å². The number of carbonyl (C=O) groups excluding carboxylic acids is 2. The second-order valence-electron chi connectivity index (χ2n) is 21.3. The lowest BCUT2D eigenvalue weighted by atomic mass is 9.42. The lowest BCUT2D eigenvalue weighted by Gasteiger charge is -2.65. The van der Waals surface area contributed by atoms with Crippen LogP contribution in [-0.4, -0.2) is 152 Å². The highest BCUT2D eigenvalue weighted by Crippen LogP contribution is 2.70. The first-order valence-corrected chi connectivity index (χ1v) is 24.9. The zero-order valence-corrected chi connectivity index (χ0v) is 41.2. The Kier molecular flexibility index (Phi) is 15.6. The Bertz CT molecular complexity index is 1840. The molecule has 23 unspecified atom stereocenters. The van der Waals surface area contributed by atoms with Crippen molar-refractivity contribution in [3.8, 4) is 0 Å². The third-order valence-corrected chi connectivity index (χ3v) is 18.0. The topological polar surface area (TPSA) is 196 Å². The molecule has 0 bridgehead atoms. The number of aliphatic hydroxyl groups is 3. The molecular weight excluding hydrogens is 869 g/mol. The lowest BCUT2D eigenvalue weighted by Crippen LogP contribution is -2.68. The molecule has 1 aromatic rings. The van der Waals surface area contributed by atoms with E-state index in [0.29, 0.717) is 43.6 Å². The molecule has 3 N–H and O–H groups in total. The van der Waals surface area contributed by atoms with E-state index >= 15 is 0 Å². The van der Waals surface area contributed by atoms with E-state index < -0.39 is 103 Å². The highest BCUT2D eigenvalue weighted by atomic mass is 16.8. The fraction of sp³-hybridized carbons (Fsp3) is 0.843. The van der Waals surface area contributed by atoms with Crippen LogP contribution in [0, 0.1) is 34.5 Å². The van der Waals surface area contributed by atoms with Crippen LogP contribution in [0.25, 0.3) is 0 Å². The molecular formula is C51H78O16. The molecule has 7 fully saturated rings.